The maximum atomic E-state index is 9.11. The minimum absolute atomic E-state index is 0.117. The number of hydrogen-bond donors (Lipinski definition) is 2. The van der Waals surface area contributed by atoms with Crippen LogP contribution in [0.2, 0.25) is 0 Å². The van der Waals surface area contributed by atoms with Gasteiger partial charge < -0.3 is 10.4 Å². The van der Waals surface area contributed by atoms with Crippen LogP contribution in [0.25, 0.3) is 0 Å². The third-order valence-electron chi connectivity index (χ3n) is 5.69. The summed E-state index contributed by atoms with van der Waals surface area (Å²) in [6, 6.07) is 17.8. The quantitative estimate of drug-likeness (QED) is 0.563. The van der Waals surface area contributed by atoms with Gasteiger partial charge in [-0.15, -0.1) is 0 Å². The highest BCUT2D eigenvalue weighted by Crippen LogP contribution is 2.28. The first-order chi connectivity index (χ1) is 13.6. The molecule has 0 amide bonds. The predicted octanol–water partition coefficient (Wildman–Crippen LogP) is 4.87. The summed E-state index contributed by atoms with van der Waals surface area (Å²) in [5, 5.41) is 12.7. The molecule has 0 bridgehead atoms. The van der Waals surface area contributed by atoms with Crippen molar-refractivity contribution in [2.45, 2.75) is 65.0 Å². The molecule has 0 aliphatic carbocycles. The maximum Gasteiger partial charge on any atom is 0.0558 e. The zero-order valence-electron chi connectivity index (χ0n) is 19.3. The van der Waals surface area contributed by atoms with E-state index in [2.05, 4.69) is 93.4 Å². The van der Waals surface area contributed by atoms with Crippen molar-refractivity contribution < 1.29 is 5.11 Å². The van der Waals surface area contributed by atoms with Crippen LogP contribution in [0.5, 0.6) is 0 Å². The molecule has 3 nitrogen and oxygen atoms in total. The number of nitrogens with zero attached hydrogens (tertiary/aromatic N) is 1. The van der Waals surface area contributed by atoms with Crippen LogP contribution in [0.4, 0.5) is 0 Å². The van der Waals surface area contributed by atoms with Crippen LogP contribution in [-0.4, -0.2) is 36.8 Å². The summed E-state index contributed by atoms with van der Waals surface area (Å²) in [6.07, 6.45) is 1.09. The fraction of sp³-hybridized carbons (Fsp3) is 0.538. The first-order valence-corrected chi connectivity index (χ1v) is 10.8. The second-order valence-corrected chi connectivity index (χ2v) is 9.92. The number of aliphatic hydroxyl groups is 1. The highest BCUT2D eigenvalue weighted by atomic mass is 16.3. The van der Waals surface area contributed by atoms with E-state index in [-0.39, 0.29) is 17.4 Å². The smallest absolute Gasteiger partial charge is 0.0558 e. The van der Waals surface area contributed by atoms with Crippen LogP contribution >= 0.6 is 0 Å². The van der Waals surface area contributed by atoms with Crippen molar-refractivity contribution in [1.82, 2.24) is 10.2 Å². The SMILES string of the molecule is CN(CCO)Cc1cccc(C(C)(C)CCNCc2cccc(C(C)(C)C)c2)c1. The van der Waals surface area contributed by atoms with Crippen molar-refractivity contribution in [3.63, 3.8) is 0 Å². The summed E-state index contributed by atoms with van der Waals surface area (Å²) in [5.41, 5.74) is 5.73. The van der Waals surface area contributed by atoms with Gasteiger partial charge in [0.25, 0.3) is 0 Å². The van der Waals surface area contributed by atoms with Crippen LogP contribution in [0.15, 0.2) is 48.5 Å². The van der Waals surface area contributed by atoms with Crippen molar-refractivity contribution in [2.24, 2.45) is 0 Å². The molecule has 0 aliphatic heterocycles. The molecule has 0 fully saturated rings. The molecular formula is C26H40N2O. The van der Waals surface area contributed by atoms with Gasteiger partial charge in [-0.2, -0.15) is 0 Å². The molecule has 160 valence electrons. The van der Waals surface area contributed by atoms with E-state index in [9.17, 15) is 0 Å². The van der Waals surface area contributed by atoms with E-state index in [4.69, 9.17) is 5.11 Å². The topological polar surface area (TPSA) is 35.5 Å². The van der Waals surface area contributed by atoms with Gasteiger partial charge in [0.15, 0.2) is 0 Å². The van der Waals surface area contributed by atoms with Crippen LogP contribution in [-0.2, 0) is 23.9 Å². The van der Waals surface area contributed by atoms with Crippen LogP contribution in [0, 0.1) is 0 Å². The lowest BCUT2D eigenvalue weighted by Gasteiger charge is -2.27. The lowest BCUT2D eigenvalue weighted by molar-refractivity contribution is 0.217. The second kappa shape index (κ2) is 10.4. The highest BCUT2D eigenvalue weighted by Gasteiger charge is 2.20. The Morgan fingerprint density at radius 2 is 1.52 bits per heavy atom. The van der Waals surface area contributed by atoms with Crippen molar-refractivity contribution in [1.29, 1.82) is 0 Å². The highest BCUT2D eigenvalue weighted by molar-refractivity contribution is 5.30. The fourth-order valence-electron chi connectivity index (χ4n) is 3.58. The Labute approximate surface area is 178 Å². The molecule has 0 aromatic heterocycles. The van der Waals surface area contributed by atoms with Gasteiger partial charge in [-0.25, -0.2) is 0 Å². The summed E-state index contributed by atoms with van der Waals surface area (Å²) in [6.45, 7) is 15.1. The third kappa shape index (κ3) is 7.58. The molecule has 29 heavy (non-hydrogen) atoms. The molecule has 3 heteroatoms. The second-order valence-electron chi connectivity index (χ2n) is 9.92. The summed E-state index contributed by atoms with van der Waals surface area (Å²) in [7, 11) is 2.05. The summed E-state index contributed by atoms with van der Waals surface area (Å²) in [4.78, 5) is 2.15. The Morgan fingerprint density at radius 1 is 0.897 bits per heavy atom. The molecule has 0 unspecified atom stereocenters. The standard InChI is InChI=1S/C26H40N2O/c1-25(2,3)23-11-7-9-21(17-23)19-27-14-13-26(4,5)24-12-8-10-22(18-24)20-28(6)15-16-29/h7-12,17-18,27,29H,13-16,19-20H2,1-6H3. The molecule has 0 saturated carbocycles. The number of likely N-dealkylation sites (N-methyl/N-ethyl adjacent to an activating group) is 1. The molecule has 0 spiro atoms. The predicted molar refractivity (Wildman–Crippen MR) is 124 cm³/mol. The van der Waals surface area contributed by atoms with E-state index in [1.807, 2.05) is 7.05 Å². The van der Waals surface area contributed by atoms with Gasteiger partial charge in [0, 0.05) is 19.6 Å². The Kier molecular flexibility index (Phi) is 8.45. The number of aliphatic hydroxyl groups excluding tert-OH is 1. The van der Waals surface area contributed by atoms with Crippen molar-refractivity contribution in [2.75, 3.05) is 26.7 Å². The Hall–Kier alpha value is -1.68. The van der Waals surface area contributed by atoms with Gasteiger partial charge in [-0.1, -0.05) is 83.1 Å². The lowest BCUT2D eigenvalue weighted by atomic mass is 9.81. The summed E-state index contributed by atoms with van der Waals surface area (Å²) >= 11 is 0. The average molecular weight is 397 g/mol. The Morgan fingerprint density at radius 3 is 2.17 bits per heavy atom. The largest absolute Gasteiger partial charge is 0.395 e. The van der Waals surface area contributed by atoms with Gasteiger partial charge >= 0.3 is 0 Å². The molecule has 0 aliphatic rings. The average Bonchev–Trinajstić information content (AvgIpc) is 2.65. The van der Waals surface area contributed by atoms with Gasteiger partial charge in [0.2, 0.25) is 0 Å². The van der Waals surface area contributed by atoms with E-state index in [1.54, 1.807) is 0 Å². The number of hydrogen-bond acceptors (Lipinski definition) is 3. The normalized spacial score (nSPS) is 12.6. The first kappa shape index (κ1) is 23.6. The van der Waals surface area contributed by atoms with E-state index in [0.29, 0.717) is 6.54 Å². The number of nitrogens with one attached hydrogen (secondary N) is 1. The molecule has 2 aromatic rings. The van der Waals surface area contributed by atoms with E-state index in [1.165, 1.54) is 22.3 Å². The van der Waals surface area contributed by atoms with E-state index >= 15 is 0 Å². The van der Waals surface area contributed by atoms with E-state index in [0.717, 1.165) is 26.1 Å². The van der Waals surface area contributed by atoms with Crippen molar-refractivity contribution in [3.8, 4) is 0 Å². The lowest BCUT2D eigenvalue weighted by Crippen LogP contribution is -2.26. The molecule has 0 saturated heterocycles. The minimum atomic E-state index is 0.117. The first-order valence-electron chi connectivity index (χ1n) is 10.8. The Balaban J connectivity index is 1.90. The summed E-state index contributed by atoms with van der Waals surface area (Å²) < 4.78 is 0. The molecule has 0 heterocycles. The molecule has 0 atom stereocenters. The van der Waals surface area contributed by atoms with Gasteiger partial charge in [0.1, 0.15) is 0 Å². The van der Waals surface area contributed by atoms with Gasteiger partial charge in [0.05, 0.1) is 6.61 Å². The van der Waals surface area contributed by atoms with Crippen molar-refractivity contribution >= 4 is 0 Å². The molecule has 2 N–H and O–H groups in total. The minimum Gasteiger partial charge on any atom is -0.395 e. The zero-order valence-corrected chi connectivity index (χ0v) is 19.3. The fourth-order valence-corrected chi connectivity index (χ4v) is 3.58. The zero-order chi connectivity index (χ0) is 21.5. The molecule has 2 rings (SSSR count). The summed E-state index contributed by atoms with van der Waals surface area (Å²) in [5.74, 6) is 0. The maximum absolute atomic E-state index is 9.11. The van der Waals surface area contributed by atoms with Crippen LogP contribution in [0.3, 0.4) is 0 Å². The third-order valence-corrected chi connectivity index (χ3v) is 5.69. The molecular weight excluding hydrogens is 356 g/mol. The number of rotatable bonds is 10. The molecule has 2 aromatic carbocycles. The monoisotopic (exact) mass is 396 g/mol. The Bertz CT molecular complexity index is 761. The number of benzene rings is 2. The van der Waals surface area contributed by atoms with Gasteiger partial charge in [-0.05, 0) is 53.1 Å². The van der Waals surface area contributed by atoms with Crippen LogP contribution in [0.1, 0.15) is 63.3 Å². The van der Waals surface area contributed by atoms with Crippen molar-refractivity contribution in [3.05, 3.63) is 70.8 Å². The van der Waals surface area contributed by atoms with Crippen LogP contribution < -0.4 is 5.32 Å². The molecule has 0 radical (unpaired) electrons. The van der Waals surface area contributed by atoms with E-state index < -0.39 is 0 Å². The van der Waals surface area contributed by atoms with Gasteiger partial charge in [-0.3, -0.25) is 4.90 Å².